The predicted molar refractivity (Wildman–Crippen MR) is 198 cm³/mol. The van der Waals surface area contributed by atoms with Gasteiger partial charge in [-0.25, -0.2) is 0 Å². The van der Waals surface area contributed by atoms with E-state index in [2.05, 4.69) is 182 Å². The summed E-state index contributed by atoms with van der Waals surface area (Å²) >= 11 is 0. The van der Waals surface area contributed by atoms with E-state index in [1.165, 1.54) is 87.6 Å². The lowest BCUT2D eigenvalue weighted by molar-refractivity contribution is 1.59. The van der Waals surface area contributed by atoms with E-state index in [1.54, 1.807) is 0 Å². The fourth-order valence-electron chi connectivity index (χ4n) is 7.34. The minimum absolute atomic E-state index is 1.22. The van der Waals surface area contributed by atoms with Crippen LogP contribution in [-0.2, 0) is 0 Å². The number of hydrogen-bond acceptors (Lipinski definition) is 0. The Kier molecular flexibility index (Phi) is 6.25. The molecule has 214 valence electrons. The van der Waals surface area contributed by atoms with Crippen molar-refractivity contribution in [2.45, 2.75) is 0 Å². The number of rotatable bonds is 4. The third-order valence-corrected chi connectivity index (χ3v) is 9.44. The summed E-state index contributed by atoms with van der Waals surface area (Å²) in [7, 11) is 0. The molecule has 0 saturated carbocycles. The first-order chi connectivity index (χ1) is 22.8. The molecule has 0 bridgehead atoms. The number of benzene rings is 9. The van der Waals surface area contributed by atoms with Crippen LogP contribution in [0.4, 0.5) is 0 Å². The molecule has 0 heteroatoms. The highest BCUT2D eigenvalue weighted by atomic mass is 14.2. The van der Waals surface area contributed by atoms with E-state index in [1.807, 2.05) is 0 Å². The zero-order valence-electron chi connectivity index (χ0n) is 25.3. The predicted octanol–water partition coefficient (Wildman–Crippen LogP) is 13.0. The molecule has 0 amide bonds. The van der Waals surface area contributed by atoms with Crippen molar-refractivity contribution >= 4 is 43.1 Å². The highest BCUT2D eigenvalue weighted by Crippen LogP contribution is 2.47. The maximum absolute atomic E-state index is 2.42. The normalized spacial score (nSPS) is 11.5. The molecule has 9 rings (SSSR count). The highest BCUT2D eigenvalue weighted by Gasteiger charge is 2.20. The van der Waals surface area contributed by atoms with Crippen LogP contribution in [0.3, 0.4) is 0 Å². The second-order valence-corrected chi connectivity index (χ2v) is 12.1. The first-order valence-electron chi connectivity index (χ1n) is 15.9. The minimum Gasteiger partial charge on any atom is -0.0622 e. The van der Waals surface area contributed by atoms with Crippen molar-refractivity contribution in [2.24, 2.45) is 0 Å². The highest BCUT2D eigenvalue weighted by molar-refractivity contribution is 6.23. The van der Waals surface area contributed by atoms with Gasteiger partial charge in [-0.2, -0.15) is 0 Å². The second kappa shape index (κ2) is 10.9. The summed E-state index contributed by atoms with van der Waals surface area (Å²) < 4.78 is 0. The van der Waals surface area contributed by atoms with Crippen LogP contribution < -0.4 is 0 Å². The van der Waals surface area contributed by atoms with Crippen molar-refractivity contribution in [3.8, 4) is 44.5 Å². The van der Waals surface area contributed by atoms with Crippen LogP contribution in [0.5, 0.6) is 0 Å². The molecule has 0 aliphatic heterocycles. The van der Waals surface area contributed by atoms with Crippen molar-refractivity contribution in [3.05, 3.63) is 182 Å². The Balaban J connectivity index is 1.39. The van der Waals surface area contributed by atoms with Crippen LogP contribution in [0.1, 0.15) is 0 Å². The second-order valence-electron chi connectivity index (χ2n) is 12.1. The molecule has 0 saturated heterocycles. The summed E-state index contributed by atoms with van der Waals surface area (Å²) in [6.45, 7) is 0. The minimum atomic E-state index is 1.22. The van der Waals surface area contributed by atoms with Gasteiger partial charge in [0.05, 0.1) is 0 Å². The van der Waals surface area contributed by atoms with E-state index in [0.29, 0.717) is 0 Å². The molecule has 46 heavy (non-hydrogen) atoms. The zero-order valence-corrected chi connectivity index (χ0v) is 25.3. The van der Waals surface area contributed by atoms with Crippen LogP contribution in [0.2, 0.25) is 0 Å². The van der Waals surface area contributed by atoms with Gasteiger partial charge in [0.1, 0.15) is 0 Å². The lowest BCUT2D eigenvalue weighted by Crippen LogP contribution is -1.94. The zero-order chi connectivity index (χ0) is 30.5. The Hall–Kier alpha value is -5.98. The van der Waals surface area contributed by atoms with Crippen LogP contribution in [0.15, 0.2) is 182 Å². The van der Waals surface area contributed by atoms with Crippen LogP contribution in [0, 0.1) is 0 Å². The van der Waals surface area contributed by atoms with Crippen LogP contribution in [-0.4, -0.2) is 0 Å². The molecular weight excluding hydrogens is 553 g/mol. The van der Waals surface area contributed by atoms with Gasteiger partial charge in [-0.15, -0.1) is 0 Å². The average molecular weight is 583 g/mol. The largest absolute Gasteiger partial charge is 0.0622 e. The number of hydrogen-bond donors (Lipinski definition) is 0. The summed E-state index contributed by atoms with van der Waals surface area (Å²) in [4.78, 5) is 0. The van der Waals surface area contributed by atoms with Gasteiger partial charge in [0.2, 0.25) is 0 Å². The Bertz CT molecular complexity index is 2510. The van der Waals surface area contributed by atoms with E-state index in [9.17, 15) is 0 Å². The maximum Gasteiger partial charge on any atom is -0.00199 e. The summed E-state index contributed by atoms with van der Waals surface area (Å²) in [6.07, 6.45) is 0. The third-order valence-electron chi connectivity index (χ3n) is 9.44. The molecule has 0 nitrogen and oxygen atoms in total. The Morgan fingerprint density at radius 2 is 0.761 bits per heavy atom. The summed E-state index contributed by atoms with van der Waals surface area (Å²) in [6, 6.07) is 66.6. The van der Waals surface area contributed by atoms with Crippen molar-refractivity contribution in [3.63, 3.8) is 0 Å². The third kappa shape index (κ3) is 4.30. The van der Waals surface area contributed by atoms with Gasteiger partial charge in [0.15, 0.2) is 0 Å². The maximum atomic E-state index is 2.42. The van der Waals surface area contributed by atoms with Gasteiger partial charge in [-0.3, -0.25) is 0 Å². The molecule has 0 N–H and O–H groups in total. The van der Waals surface area contributed by atoms with Crippen molar-refractivity contribution in [1.29, 1.82) is 0 Å². The van der Waals surface area contributed by atoms with Gasteiger partial charge in [-0.1, -0.05) is 170 Å². The monoisotopic (exact) mass is 582 g/mol. The molecule has 0 heterocycles. The van der Waals surface area contributed by atoms with Gasteiger partial charge in [-0.05, 0) is 99.7 Å². The Morgan fingerprint density at radius 1 is 0.217 bits per heavy atom. The standard InChI is InChI=1S/C46H30/c1-2-14-32(15-3-1)39-28-27-35(38-24-12-18-33-16-6-7-19-37(33)38)30-44(39)46-42-22-10-8-20-40(42)45(41-21-9-11-23-43(41)46)36-26-25-31-13-4-5-17-34(31)29-36/h1-30H. The lowest BCUT2D eigenvalue weighted by atomic mass is 9.82. The molecular formula is C46H30. The molecule has 0 fully saturated rings. The molecule has 0 aliphatic carbocycles. The fourth-order valence-corrected chi connectivity index (χ4v) is 7.34. The smallest absolute Gasteiger partial charge is 0.00199 e. The molecule has 9 aromatic rings. The Morgan fingerprint density at radius 3 is 1.48 bits per heavy atom. The quantitative estimate of drug-likeness (QED) is 0.181. The van der Waals surface area contributed by atoms with Gasteiger partial charge < -0.3 is 0 Å². The van der Waals surface area contributed by atoms with Crippen molar-refractivity contribution < 1.29 is 0 Å². The van der Waals surface area contributed by atoms with Gasteiger partial charge >= 0.3 is 0 Å². The van der Waals surface area contributed by atoms with Gasteiger partial charge in [0, 0.05) is 0 Å². The van der Waals surface area contributed by atoms with Crippen molar-refractivity contribution in [2.75, 3.05) is 0 Å². The SMILES string of the molecule is c1ccc(-c2ccc(-c3cccc4ccccc34)cc2-c2c3ccccc3c(-c3ccc4ccccc4c3)c3ccccc23)cc1. The molecule has 0 unspecified atom stereocenters. The average Bonchev–Trinajstić information content (AvgIpc) is 3.13. The topological polar surface area (TPSA) is 0 Å². The summed E-state index contributed by atoms with van der Waals surface area (Å²) in [5.74, 6) is 0. The fraction of sp³-hybridized carbons (Fsp3) is 0. The summed E-state index contributed by atoms with van der Waals surface area (Å²) in [5.41, 5.74) is 9.97. The van der Waals surface area contributed by atoms with E-state index < -0.39 is 0 Å². The molecule has 9 aromatic carbocycles. The first kappa shape index (κ1) is 26.4. The molecule has 0 atom stereocenters. The van der Waals surface area contributed by atoms with Crippen LogP contribution >= 0.6 is 0 Å². The number of fused-ring (bicyclic) bond motifs is 4. The van der Waals surface area contributed by atoms with Gasteiger partial charge in [0.25, 0.3) is 0 Å². The van der Waals surface area contributed by atoms with E-state index in [-0.39, 0.29) is 0 Å². The van der Waals surface area contributed by atoms with E-state index >= 15 is 0 Å². The first-order valence-corrected chi connectivity index (χ1v) is 15.9. The van der Waals surface area contributed by atoms with E-state index in [4.69, 9.17) is 0 Å². The van der Waals surface area contributed by atoms with Crippen LogP contribution in [0.25, 0.3) is 87.6 Å². The summed E-state index contributed by atoms with van der Waals surface area (Å²) in [5, 5.41) is 10.1. The molecule has 0 aliphatic rings. The molecule has 0 radical (unpaired) electrons. The lowest BCUT2D eigenvalue weighted by Gasteiger charge is -2.21. The van der Waals surface area contributed by atoms with Crippen molar-refractivity contribution in [1.82, 2.24) is 0 Å². The molecule has 0 aromatic heterocycles. The van der Waals surface area contributed by atoms with E-state index in [0.717, 1.165) is 0 Å². The molecule has 0 spiro atoms. The Labute approximate surface area is 268 Å².